The largest absolute Gasteiger partial charge is 0.394 e. The highest BCUT2D eigenvalue weighted by molar-refractivity contribution is 7.89. The smallest absolute Gasteiger partial charge is 0.241 e. The summed E-state index contributed by atoms with van der Waals surface area (Å²) in [7, 11) is -3.93. The van der Waals surface area contributed by atoms with Crippen molar-refractivity contribution in [2.24, 2.45) is 0 Å². The number of carbonyl (C=O) groups excluding carboxylic acids is 1. The van der Waals surface area contributed by atoms with Crippen LogP contribution in [0.2, 0.25) is 0 Å². The van der Waals surface area contributed by atoms with E-state index in [1.165, 1.54) is 37.5 Å². The molecule has 0 aromatic heterocycles. The standard InChI is InChI=1S/C22H34FN3O5S/c23-17-5-4-6-19(15-17)32(29,30)25-20-8-7-18(31-21(20)16-27)9-11-24-22(28)10-14-26-12-2-1-3-13-26/h4-6,15,18,20-21,25,27H,1-3,7-14,16H2,(H,24,28)/t18-,20-,21+/m0/s1. The molecule has 3 N–H and O–H groups in total. The Kier molecular flexibility index (Phi) is 9.42. The number of carbonyl (C=O) groups is 1. The molecule has 2 heterocycles. The van der Waals surface area contributed by atoms with Crippen LogP contribution in [0, 0.1) is 5.82 Å². The second-order valence-electron chi connectivity index (χ2n) is 8.53. The number of amides is 1. The van der Waals surface area contributed by atoms with Gasteiger partial charge in [0.05, 0.1) is 29.8 Å². The Morgan fingerprint density at radius 3 is 2.72 bits per heavy atom. The summed E-state index contributed by atoms with van der Waals surface area (Å²) in [6.45, 7) is 3.05. The molecule has 1 aromatic rings. The highest BCUT2D eigenvalue weighted by Gasteiger charge is 2.34. The fourth-order valence-corrected chi connectivity index (χ4v) is 5.61. The molecule has 3 rings (SSSR count). The minimum absolute atomic E-state index is 0.0193. The third-order valence-corrected chi connectivity index (χ3v) is 7.59. The summed E-state index contributed by atoms with van der Waals surface area (Å²) in [5.41, 5.74) is 0. The third kappa shape index (κ3) is 7.48. The van der Waals surface area contributed by atoms with Gasteiger partial charge in [-0.3, -0.25) is 4.79 Å². The molecule has 10 heteroatoms. The van der Waals surface area contributed by atoms with E-state index in [0.717, 1.165) is 25.7 Å². The second-order valence-corrected chi connectivity index (χ2v) is 10.2. The number of ether oxygens (including phenoxy) is 1. The third-order valence-electron chi connectivity index (χ3n) is 6.10. The van der Waals surface area contributed by atoms with Crippen molar-refractivity contribution < 1.29 is 27.4 Å². The van der Waals surface area contributed by atoms with Crippen LogP contribution in [-0.4, -0.2) is 75.4 Å². The summed E-state index contributed by atoms with van der Waals surface area (Å²) >= 11 is 0. The van der Waals surface area contributed by atoms with E-state index in [2.05, 4.69) is 14.9 Å². The molecule has 0 radical (unpaired) electrons. The molecule has 32 heavy (non-hydrogen) atoms. The van der Waals surface area contributed by atoms with E-state index in [0.29, 0.717) is 32.2 Å². The van der Waals surface area contributed by atoms with Gasteiger partial charge in [0.15, 0.2) is 0 Å². The van der Waals surface area contributed by atoms with Crippen LogP contribution in [0.25, 0.3) is 0 Å². The minimum Gasteiger partial charge on any atom is -0.394 e. The molecule has 2 aliphatic heterocycles. The molecule has 3 atom stereocenters. The van der Waals surface area contributed by atoms with Crippen molar-refractivity contribution in [2.45, 2.75) is 68.1 Å². The number of benzene rings is 1. The van der Waals surface area contributed by atoms with Crippen molar-refractivity contribution in [1.29, 1.82) is 0 Å². The first kappa shape index (κ1) is 25.0. The summed E-state index contributed by atoms with van der Waals surface area (Å²) < 4.78 is 46.9. The second kappa shape index (κ2) is 12.0. The minimum atomic E-state index is -3.93. The molecule has 180 valence electrons. The maximum atomic E-state index is 13.4. The number of nitrogens with one attached hydrogen (secondary N) is 2. The highest BCUT2D eigenvalue weighted by Crippen LogP contribution is 2.23. The molecule has 0 spiro atoms. The zero-order valence-electron chi connectivity index (χ0n) is 18.3. The van der Waals surface area contributed by atoms with Gasteiger partial charge in [-0.2, -0.15) is 0 Å². The Labute approximate surface area is 189 Å². The van der Waals surface area contributed by atoms with Crippen LogP contribution in [-0.2, 0) is 19.6 Å². The van der Waals surface area contributed by atoms with E-state index in [4.69, 9.17) is 4.74 Å². The van der Waals surface area contributed by atoms with Crippen LogP contribution < -0.4 is 10.0 Å². The maximum Gasteiger partial charge on any atom is 0.241 e. The molecule has 2 fully saturated rings. The van der Waals surface area contributed by atoms with Crippen molar-refractivity contribution >= 4 is 15.9 Å². The molecule has 0 unspecified atom stereocenters. The molecule has 8 nitrogen and oxygen atoms in total. The monoisotopic (exact) mass is 471 g/mol. The van der Waals surface area contributed by atoms with Gasteiger partial charge in [0.1, 0.15) is 5.82 Å². The number of aliphatic hydroxyl groups is 1. The van der Waals surface area contributed by atoms with Crippen LogP contribution >= 0.6 is 0 Å². The Morgan fingerprint density at radius 2 is 2.00 bits per heavy atom. The predicted octanol–water partition coefficient (Wildman–Crippen LogP) is 1.39. The number of piperidine rings is 1. The van der Waals surface area contributed by atoms with Gasteiger partial charge < -0.3 is 20.1 Å². The van der Waals surface area contributed by atoms with Gasteiger partial charge in [-0.15, -0.1) is 0 Å². The SMILES string of the molecule is O=C(CCN1CCCCC1)NCC[C@@H]1CC[C@H](NS(=O)(=O)c2cccc(F)c2)[C@@H](CO)O1. The highest BCUT2D eigenvalue weighted by atomic mass is 32.2. The number of hydrogen-bond acceptors (Lipinski definition) is 6. The van der Waals surface area contributed by atoms with Gasteiger partial charge in [-0.05, 0) is 63.4 Å². The van der Waals surface area contributed by atoms with Crippen LogP contribution in [0.3, 0.4) is 0 Å². The Bertz CT molecular complexity index is 848. The van der Waals surface area contributed by atoms with Gasteiger partial charge in [0.25, 0.3) is 0 Å². The molecule has 2 saturated heterocycles. The summed E-state index contributed by atoms with van der Waals surface area (Å²) in [5, 5.41) is 12.6. The number of likely N-dealkylation sites (tertiary alicyclic amines) is 1. The maximum absolute atomic E-state index is 13.4. The first-order valence-electron chi connectivity index (χ1n) is 11.4. The molecular formula is C22H34FN3O5S. The lowest BCUT2D eigenvalue weighted by Gasteiger charge is -2.36. The summed E-state index contributed by atoms with van der Waals surface area (Å²) in [6.07, 6.45) is 4.94. The number of aliphatic hydroxyl groups excluding tert-OH is 1. The molecule has 0 saturated carbocycles. The molecule has 0 bridgehead atoms. The summed E-state index contributed by atoms with van der Waals surface area (Å²) in [6, 6.07) is 4.18. The van der Waals surface area contributed by atoms with Crippen LogP contribution in [0.1, 0.15) is 44.9 Å². The molecular weight excluding hydrogens is 437 g/mol. The number of halogens is 1. The zero-order chi connectivity index (χ0) is 23.0. The average molecular weight is 472 g/mol. The first-order chi connectivity index (χ1) is 15.4. The van der Waals surface area contributed by atoms with Crippen LogP contribution in [0.15, 0.2) is 29.2 Å². The van der Waals surface area contributed by atoms with E-state index in [1.807, 2.05) is 0 Å². The van der Waals surface area contributed by atoms with E-state index in [-0.39, 0.29) is 23.5 Å². The van der Waals surface area contributed by atoms with Gasteiger partial charge >= 0.3 is 0 Å². The van der Waals surface area contributed by atoms with E-state index in [1.54, 1.807) is 0 Å². The van der Waals surface area contributed by atoms with Crippen molar-refractivity contribution in [2.75, 3.05) is 32.8 Å². The van der Waals surface area contributed by atoms with Gasteiger partial charge in [0.2, 0.25) is 15.9 Å². The lowest BCUT2D eigenvalue weighted by atomic mass is 9.98. The summed E-state index contributed by atoms with van der Waals surface area (Å²) in [5.74, 6) is -0.615. The Balaban J connectivity index is 1.40. The van der Waals surface area contributed by atoms with E-state index in [9.17, 15) is 22.7 Å². The molecule has 2 aliphatic rings. The number of hydrogen-bond donors (Lipinski definition) is 3. The van der Waals surface area contributed by atoms with Crippen molar-refractivity contribution in [3.8, 4) is 0 Å². The van der Waals surface area contributed by atoms with Gasteiger partial charge in [-0.1, -0.05) is 12.5 Å². The zero-order valence-corrected chi connectivity index (χ0v) is 19.2. The van der Waals surface area contributed by atoms with Crippen LogP contribution in [0.5, 0.6) is 0 Å². The van der Waals surface area contributed by atoms with Crippen molar-refractivity contribution in [1.82, 2.24) is 14.9 Å². The predicted molar refractivity (Wildman–Crippen MR) is 118 cm³/mol. The molecule has 0 aliphatic carbocycles. The first-order valence-corrected chi connectivity index (χ1v) is 12.9. The van der Waals surface area contributed by atoms with Crippen molar-refractivity contribution in [3.63, 3.8) is 0 Å². The number of nitrogens with zero attached hydrogens (tertiary/aromatic N) is 1. The fraction of sp³-hybridized carbons (Fsp3) is 0.682. The fourth-order valence-electron chi connectivity index (χ4n) is 4.28. The van der Waals surface area contributed by atoms with Crippen molar-refractivity contribution in [3.05, 3.63) is 30.1 Å². The van der Waals surface area contributed by atoms with Crippen LogP contribution in [0.4, 0.5) is 4.39 Å². The lowest BCUT2D eigenvalue weighted by Crippen LogP contribution is -2.51. The van der Waals surface area contributed by atoms with Gasteiger partial charge in [0, 0.05) is 19.5 Å². The topological polar surface area (TPSA) is 108 Å². The normalized spacial score (nSPS) is 24.9. The summed E-state index contributed by atoms with van der Waals surface area (Å²) in [4.78, 5) is 14.3. The molecule has 1 amide bonds. The Morgan fingerprint density at radius 1 is 1.22 bits per heavy atom. The van der Waals surface area contributed by atoms with Gasteiger partial charge in [-0.25, -0.2) is 17.5 Å². The number of rotatable bonds is 10. The average Bonchev–Trinajstić information content (AvgIpc) is 2.79. The van der Waals surface area contributed by atoms with E-state index < -0.39 is 28.0 Å². The molecule has 1 aromatic carbocycles. The number of sulfonamides is 1. The lowest BCUT2D eigenvalue weighted by molar-refractivity contribution is -0.122. The van der Waals surface area contributed by atoms with E-state index >= 15 is 0 Å². The Hall–Kier alpha value is -1.59. The quantitative estimate of drug-likeness (QED) is 0.476.